The molecule has 0 aliphatic carbocycles. The molecule has 1 N–H and O–H groups in total. The Hall–Kier alpha value is -1.55. The maximum Gasteiger partial charge on any atom is 0.222 e. The molecule has 110 valence electrons. The number of carbonyl (C=O) groups is 1. The molecule has 1 unspecified atom stereocenters. The Morgan fingerprint density at radius 2 is 2.05 bits per heavy atom. The van der Waals surface area contributed by atoms with Crippen LogP contribution in [0.4, 0.5) is 5.69 Å². The van der Waals surface area contributed by atoms with Gasteiger partial charge in [0, 0.05) is 39.3 Å². The van der Waals surface area contributed by atoms with Crippen LogP contribution in [-0.4, -0.2) is 49.2 Å². The summed E-state index contributed by atoms with van der Waals surface area (Å²) in [5, 5.41) is 9.60. The van der Waals surface area contributed by atoms with Gasteiger partial charge in [0.2, 0.25) is 5.91 Å². The summed E-state index contributed by atoms with van der Waals surface area (Å²) in [6.07, 6.45) is 2.67. The fourth-order valence-electron chi connectivity index (χ4n) is 2.55. The number of carbonyl (C=O) groups excluding carboxylic acids is 1. The molecule has 0 aromatic heterocycles. The molecule has 4 nitrogen and oxygen atoms in total. The minimum Gasteiger partial charge on any atom is -0.391 e. The summed E-state index contributed by atoms with van der Waals surface area (Å²) in [7, 11) is 4.03. The standard InChI is InChI=1S/C16H24N2O2/c1-17(2)14-8-5-13(6-9-14)7-10-16(20)18-11-3-4-15(19)12-18/h5-6,8-9,15,19H,3-4,7,10-12H2,1-2H3. The zero-order valence-corrected chi connectivity index (χ0v) is 12.4. The maximum absolute atomic E-state index is 12.1. The number of hydrogen-bond donors (Lipinski definition) is 1. The van der Waals surface area contributed by atoms with E-state index in [0.29, 0.717) is 13.0 Å². The summed E-state index contributed by atoms with van der Waals surface area (Å²) in [5.41, 5.74) is 2.35. The van der Waals surface area contributed by atoms with Gasteiger partial charge in [-0.25, -0.2) is 0 Å². The average molecular weight is 276 g/mol. The molecule has 1 aliphatic heterocycles. The Morgan fingerprint density at radius 1 is 1.35 bits per heavy atom. The quantitative estimate of drug-likeness (QED) is 0.910. The minimum absolute atomic E-state index is 0.153. The van der Waals surface area contributed by atoms with E-state index in [1.807, 2.05) is 14.1 Å². The molecule has 1 aromatic carbocycles. The van der Waals surface area contributed by atoms with Crippen LogP contribution in [0, 0.1) is 0 Å². The molecule has 0 spiro atoms. The molecule has 1 aliphatic rings. The van der Waals surface area contributed by atoms with Crippen LogP contribution < -0.4 is 4.90 Å². The Balaban J connectivity index is 1.83. The lowest BCUT2D eigenvalue weighted by molar-refractivity contribution is -0.134. The van der Waals surface area contributed by atoms with Crippen LogP contribution in [0.2, 0.25) is 0 Å². The van der Waals surface area contributed by atoms with Gasteiger partial charge < -0.3 is 14.9 Å². The van der Waals surface area contributed by atoms with Crippen LogP contribution in [0.1, 0.15) is 24.8 Å². The van der Waals surface area contributed by atoms with Gasteiger partial charge in [0.15, 0.2) is 0 Å². The molecule has 0 saturated carbocycles. The second-order valence-electron chi connectivity index (χ2n) is 5.70. The summed E-state index contributed by atoms with van der Waals surface area (Å²) in [4.78, 5) is 16.0. The SMILES string of the molecule is CN(C)c1ccc(CCC(=O)N2CCCC(O)C2)cc1. The van der Waals surface area contributed by atoms with Crippen molar-refractivity contribution in [3.8, 4) is 0 Å². The van der Waals surface area contributed by atoms with Crippen LogP contribution in [-0.2, 0) is 11.2 Å². The number of rotatable bonds is 4. The molecule has 1 amide bonds. The van der Waals surface area contributed by atoms with E-state index in [0.717, 1.165) is 25.8 Å². The maximum atomic E-state index is 12.1. The number of aliphatic hydroxyl groups is 1. The fourth-order valence-corrected chi connectivity index (χ4v) is 2.55. The molecule has 0 bridgehead atoms. The van der Waals surface area contributed by atoms with Gasteiger partial charge in [-0.3, -0.25) is 4.79 Å². The van der Waals surface area contributed by atoms with Gasteiger partial charge in [0.25, 0.3) is 0 Å². The zero-order valence-electron chi connectivity index (χ0n) is 12.4. The van der Waals surface area contributed by atoms with E-state index in [2.05, 4.69) is 29.2 Å². The van der Waals surface area contributed by atoms with E-state index >= 15 is 0 Å². The number of amides is 1. The fraction of sp³-hybridized carbons (Fsp3) is 0.562. The van der Waals surface area contributed by atoms with Crippen molar-refractivity contribution in [2.24, 2.45) is 0 Å². The molecular weight excluding hydrogens is 252 g/mol. The average Bonchev–Trinajstić information content (AvgIpc) is 2.45. The number of benzene rings is 1. The van der Waals surface area contributed by atoms with E-state index in [4.69, 9.17) is 0 Å². The second-order valence-corrected chi connectivity index (χ2v) is 5.70. The number of aryl methyl sites for hydroxylation is 1. The molecule has 4 heteroatoms. The summed E-state index contributed by atoms with van der Waals surface area (Å²) in [6.45, 7) is 1.29. The lowest BCUT2D eigenvalue weighted by Crippen LogP contribution is -2.42. The van der Waals surface area contributed by atoms with Crippen molar-refractivity contribution in [3.63, 3.8) is 0 Å². The first-order chi connectivity index (χ1) is 9.56. The zero-order chi connectivity index (χ0) is 14.5. The monoisotopic (exact) mass is 276 g/mol. The van der Waals surface area contributed by atoms with Crippen molar-refractivity contribution in [3.05, 3.63) is 29.8 Å². The van der Waals surface area contributed by atoms with Gasteiger partial charge >= 0.3 is 0 Å². The van der Waals surface area contributed by atoms with E-state index in [1.54, 1.807) is 4.90 Å². The van der Waals surface area contributed by atoms with Crippen molar-refractivity contribution >= 4 is 11.6 Å². The summed E-state index contributed by atoms with van der Waals surface area (Å²) in [5.74, 6) is 0.153. The lowest BCUT2D eigenvalue weighted by Gasteiger charge is -2.30. The highest BCUT2D eigenvalue weighted by molar-refractivity contribution is 5.76. The molecule has 1 aromatic rings. The largest absolute Gasteiger partial charge is 0.391 e. The van der Waals surface area contributed by atoms with Crippen LogP contribution >= 0.6 is 0 Å². The van der Waals surface area contributed by atoms with E-state index in [9.17, 15) is 9.90 Å². The summed E-state index contributed by atoms with van der Waals surface area (Å²) >= 11 is 0. The topological polar surface area (TPSA) is 43.8 Å². The molecular formula is C16H24N2O2. The van der Waals surface area contributed by atoms with Crippen LogP contribution in [0.3, 0.4) is 0 Å². The summed E-state index contributed by atoms with van der Waals surface area (Å²) < 4.78 is 0. The molecule has 2 rings (SSSR count). The Morgan fingerprint density at radius 3 is 2.65 bits per heavy atom. The molecule has 20 heavy (non-hydrogen) atoms. The molecule has 0 radical (unpaired) electrons. The van der Waals surface area contributed by atoms with Crippen LogP contribution in [0.25, 0.3) is 0 Å². The van der Waals surface area contributed by atoms with Gasteiger partial charge in [-0.2, -0.15) is 0 Å². The van der Waals surface area contributed by atoms with Gasteiger partial charge in [0.1, 0.15) is 0 Å². The second kappa shape index (κ2) is 6.75. The normalized spacial score (nSPS) is 18.9. The first kappa shape index (κ1) is 14.9. The molecule has 1 saturated heterocycles. The number of likely N-dealkylation sites (tertiary alicyclic amines) is 1. The van der Waals surface area contributed by atoms with Crippen molar-refractivity contribution in [1.29, 1.82) is 0 Å². The number of nitrogens with zero attached hydrogens (tertiary/aromatic N) is 2. The van der Waals surface area contributed by atoms with Gasteiger partial charge in [0.05, 0.1) is 6.10 Å². The van der Waals surface area contributed by atoms with E-state index in [1.165, 1.54) is 11.3 Å². The predicted molar refractivity (Wildman–Crippen MR) is 80.9 cm³/mol. The highest BCUT2D eigenvalue weighted by atomic mass is 16.3. The Kier molecular flexibility index (Phi) is 5.01. The van der Waals surface area contributed by atoms with Crippen molar-refractivity contribution in [2.45, 2.75) is 31.8 Å². The van der Waals surface area contributed by atoms with Crippen LogP contribution in [0.15, 0.2) is 24.3 Å². The van der Waals surface area contributed by atoms with Gasteiger partial charge in [-0.1, -0.05) is 12.1 Å². The third-order valence-electron chi connectivity index (χ3n) is 3.83. The van der Waals surface area contributed by atoms with Crippen molar-refractivity contribution < 1.29 is 9.90 Å². The third kappa shape index (κ3) is 3.97. The molecule has 1 fully saturated rings. The first-order valence-corrected chi connectivity index (χ1v) is 7.28. The Bertz CT molecular complexity index is 442. The van der Waals surface area contributed by atoms with E-state index < -0.39 is 0 Å². The number of hydrogen-bond acceptors (Lipinski definition) is 3. The number of piperidine rings is 1. The number of β-amino-alcohol motifs (C(OH)–C–C–N with tert-alkyl or cyclic N) is 1. The number of aliphatic hydroxyl groups excluding tert-OH is 1. The highest BCUT2D eigenvalue weighted by Gasteiger charge is 2.21. The van der Waals surface area contributed by atoms with Crippen LogP contribution in [0.5, 0.6) is 0 Å². The molecule has 1 atom stereocenters. The van der Waals surface area contributed by atoms with E-state index in [-0.39, 0.29) is 12.0 Å². The van der Waals surface area contributed by atoms with Crippen molar-refractivity contribution in [1.82, 2.24) is 4.90 Å². The smallest absolute Gasteiger partial charge is 0.222 e. The van der Waals surface area contributed by atoms with Gasteiger partial charge in [-0.15, -0.1) is 0 Å². The highest BCUT2D eigenvalue weighted by Crippen LogP contribution is 2.15. The summed E-state index contributed by atoms with van der Waals surface area (Å²) in [6, 6.07) is 8.30. The number of anilines is 1. The Labute approximate surface area is 121 Å². The lowest BCUT2D eigenvalue weighted by atomic mass is 10.1. The third-order valence-corrected chi connectivity index (χ3v) is 3.83. The minimum atomic E-state index is -0.341. The predicted octanol–water partition coefficient (Wildman–Crippen LogP) is 1.67. The first-order valence-electron chi connectivity index (χ1n) is 7.28. The van der Waals surface area contributed by atoms with Gasteiger partial charge in [-0.05, 0) is 37.0 Å². The van der Waals surface area contributed by atoms with Crippen molar-refractivity contribution in [2.75, 3.05) is 32.1 Å². The molecule has 1 heterocycles.